The van der Waals surface area contributed by atoms with Crippen LogP contribution < -0.4 is 5.32 Å². The van der Waals surface area contributed by atoms with Crippen LogP contribution in [0.25, 0.3) is 10.9 Å². The number of fused-ring (bicyclic) bond motifs is 1. The first-order valence-corrected chi connectivity index (χ1v) is 6.17. The van der Waals surface area contributed by atoms with Gasteiger partial charge in [-0.2, -0.15) is 0 Å². The van der Waals surface area contributed by atoms with Gasteiger partial charge in [-0.3, -0.25) is 4.98 Å². The Balaban J connectivity index is 2.64. The van der Waals surface area contributed by atoms with Crippen molar-refractivity contribution in [1.29, 1.82) is 0 Å². The third-order valence-electron chi connectivity index (χ3n) is 3.16. The van der Waals surface area contributed by atoms with Crippen LogP contribution in [-0.2, 0) is 6.54 Å². The Labute approximate surface area is 103 Å². The molecule has 2 rings (SSSR count). The molecule has 2 heteroatoms. The highest BCUT2D eigenvalue weighted by atomic mass is 14.8. The van der Waals surface area contributed by atoms with Gasteiger partial charge in [-0.1, -0.05) is 32.0 Å². The fraction of sp³-hybridized carbons (Fsp3) is 0.400. The van der Waals surface area contributed by atoms with Gasteiger partial charge in [0.25, 0.3) is 0 Å². The van der Waals surface area contributed by atoms with E-state index in [1.165, 1.54) is 16.5 Å². The van der Waals surface area contributed by atoms with E-state index in [4.69, 9.17) is 4.98 Å². The summed E-state index contributed by atoms with van der Waals surface area (Å²) in [6.45, 7) is 7.39. The number of pyridine rings is 1. The third-order valence-corrected chi connectivity index (χ3v) is 3.16. The zero-order valence-corrected chi connectivity index (χ0v) is 11.0. The second-order valence-corrected chi connectivity index (χ2v) is 4.84. The number of nitrogens with zero attached hydrogens (tertiary/aromatic N) is 1. The number of benzene rings is 1. The van der Waals surface area contributed by atoms with Crippen LogP contribution in [0.1, 0.15) is 36.6 Å². The number of nitrogens with one attached hydrogen (secondary N) is 1. The van der Waals surface area contributed by atoms with E-state index in [1.807, 2.05) is 7.05 Å². The summed E-state index contributed by atoms with van der Waals surface area (Å²) in [7, 11) is 1.97. The van der Waals surface area contributed by atoms with E-state index in [0.29, 0.717) is 5.92 Å². The van der Waals surface area contributed by atoms with Crippen molar-refractivity contribution >= 4 is 10.9 Å². The van der Waals surface area contributed by atoms with Gasteiger partial charge < -0.3 is 5.32 Å². The molecule has 0 aliphatic carbocycles. The molecule has 0 aliphatic heterocycles. The maximum absolute atomic E-state index is 4.78. The van der Waals surface area contributed by atoms with Crippen LogP contribution in [0, 0.1) is 6.92 Å². The second-order valence-electron chi connectivity index (χ2n) is 4.84. The first-order valence-electron chi connectivity index (χ1n) is 6.17. The van der Waals surface area contributed by atoms with E-state index in [9.17, 15) is 0 Å². The van der Waals surface area contributed by atoms with E-state index in [0.717, 1.165) is 17.8 Å². The van der Waals surface area contributed by atoms with Gasteiger partial charge >= 0.3 is 0 Å². The molecule has 0 aliphatic rings. The largest absolute Gasteiger partial charge is 0.316 e. The number of aromatic nitrogens is 1. The molecule has 0 spiro atoms. The maximum atomic E-state index is 4.78. The van der Waals surface area contributed by atoms with Gasteiger partial charge in [0.15, 0.2) is 0 Å². The predicted octanol–water partition coefficient (Wildman–Crippen LogP) is 3.39. The van der Waals surface area contributed by atoms with Gasteiger partial charge in [-0.15, -0.1) is 0 Å². The zero-order valence-electron chi connectivity index (χ0n) is 11.0. The first-order chi connectivity index (χ1) is 8.13. The molecule has 2 nitrogen and oxygen atoms in total. The molecule has 0 radical (unpaired) electrons. The number of aryl methyl sites for hydroxylation is 1. The molecule has 1 aromatic carbocycles. The molecule has 0 saturated heterocycles. The number of rotatable bonds is 3. The SMILES string of the molecule is CNCc1cc2cccc(C(C)C)c2nc1C. The van der Waals surface area contributed by atoms with Crippen LogP contribution in [0.4, 0.5) is 0 Å². The van der Waals surface area contributed by atoms with E-state index >= 15 is 0 Å². The van der Waals surface area contributed by atoms with Crippen molar-refractivity contribution in [3.63, 3.8) is 0 Å². The Morgan fingerprint density at radius 3 is 2.71 bits per heavy atom. The Morgan fingerprint density at radius 2 is 2.06 bits per heavy atom. The molecule has 2 aromatic rings. The van der Waals surface area contributed by atoms with Gasteiger partial charge in [0.2, 0.25) is 0 Å². The average molecular weight is 228 g/mol. The summed E-state index contributed by atoms with van der Waals surface area (Å²) >= 11 is 0. The van der Waals surface area contributed by atoms with Crippen LogP contribution in [0.15, 0.2) is 24.3 Å². The molecule has 0 atom stereocenters. The smallest absolute Gasteiger partial charge is 0.0739 e. The molecule has 0 saturated carbocycles. The topological polar surface area (TPSA) is 24.9 Å². The molecule has 1 aromatic heterocycles. The predicted molar refractivity (Wildman–Crippen MR) is 73.3 cm³/mol. The minimum absolute atomic E-state index is 0.515. The molecule has 1 N–H and O–H groups in total. The van der Waals surface area contributed by atoms with Crippen LogP contribution >= 0.6 is 0 Å². The lowest BCUT2D eigenvalue weighted by Crippen LogP contribution is -2.08. The molecular formula is C15H20N2. The van der Waals surface area contributed by atoms with Gasteiger partial charge in [-0.25, -0.2) is 0 Å². The Hall–Kier alpha value is -1.41. The summed E-state index contributed by atoms with van der Waals surface area (Å²) in [5, 5.41) is 4.43. The van der Waals surface area contributed by atoms with E-state index in [-0.39, 0.29) is 0 Å². The zero-order chi connectivity index (χ0) is 12.4. The van der Waals surface area contributed by atoms with Crippen molar-refractivity contribution in [2.75, 3.05) is 7.05 Å². The van der Waals surface area contributed by atoms with E-state index in [2.05, 4.69) is 50.4 Å². The van der Waals surface area contributed by atoms with Gasteiger partial charge in [0.05, 0.1) is 5.52 Å². The molecule has 90 valence electrons. The molecule has 0 amide bonds. The number of hydrogen-bond acceptors (Lipinski definition) is 2. The quantitative estimate of drug-likeness (QED) is 0.871. The van der Waals surface area contributed by atoms with Crippen molar-refractivity contribution < 1.29 is 0 Å². The van der Waals surface area contributed by atoms with Crippen molar-refractivity contribution in [3.05, 3.63) is 41.1 Å². The fourth-order valence-electron chi connectivity index (χ4n) is 2.19. The normalized spacial score (nSPS) is 11.4. The minimum atomic E-state index is 0.515. The molecule has 0 bridgehead atoms. The number of para-hydroxylation sites is 1. The summed E-state index contributed by atoms with van der Waals surface area (Å²) < 4.78 is 0. The number of hydrogen-bond donors (Lipinski definition) is 1. The van der Waals surface area contributed by atoms with Crippen LogP contribution in [0.2, 0.25) is 0 Å². The lowest BCUT2D eigenvalue weighted by atomic mass is 9.98. The monoisotopic (exact) mass is 228 g/mol. The maximum Gasteiger partial charge on any atom is 0.0739 e. The van der Waals surface area contributed by atoms with Crippen LogP contribution in [0.5, 0.6) is 0 Å². The Bertz CT molecular complexity index is 530. The Kier molecular flexibility index (Phi) is 3.43. The molecule has 17 heavy (non-hydrogen) atoms. The fourth-order valence-corrected chi connectivity index (χ4v) is 2.19. The van der Waals surface area contributed by atoms with Crippen molar-refractivity contribution in [2.45, 2.75) is 33.2 Å². The minimum Gasteiger partial charge on any atom is -0.316 e. The van der Waals surface area contributed by atoms with Gasteiger partial charge in [0.1, 0.15) is 0 Å². The second kappa shape index (κ2) is 4.84. The average Bonchev–Trinajstić information content (AvgIpc) is 2.29. The van der Waals surface area contributed by atoms with Gasteiger partial charge in [-0.05, 0) is 37.1 Å². The lowest BCUT2D eigenvalue weighted by Gasteiger charge is -2.12. The van der Waals surface area contributed by atoms with Crippen molar-refractivity contribution in [1.82, 2.24) is 10.3 Å². The molecule has 1 heterocycles. The summed E-state index contributed by atoms with van der Waals surface area (Å²) in [6.07, 6.45) is 0. The molecule has 0 unspecified atom stereocenters. The summed E-state index contributed by atoms with van der Waals surface area (Å²) in [4.78, 5) is 4.78. The Morgan fingerprint density at radius 1 is 1.29 bits per heavy atom. The molecular weight excluding hydrogens is 208 g/mol. The van der Waals surface area contributed by atoms with Crippen LogP contribution in [-0.4, -0.2) is 12.0 Å². The molecule has 0 fully saturated rings. The highest BCUT2D eigenvalue weighted by Gasteiger charge is 2.08. The van der Waals surface area contributed by atoms with E-state index < -0.39 is 0 Å². The highest BCUT2D eigenvalue weighted by molar-refractivity contribution is 5.83. The first kappa shape index (κ1) is 12.1. The third kappa shape index (κ3) is 2.32. The van der Waals surface area contributed by atoms with Crippen molar-refractivity contribution in [2.24, 2.45) is 0 Å². The van der Waals surface area contributed by atoms with Crippen molar-refractivity contribution in [3.8, 4) is 0 Å². The van der Waals surface area contributed by atoms with Crippen LogP contribution in [0.3, 0.4) is 0 Å². The summed E-state index contributed by atoms with van der Waals surface area (Å²) in [5.74, 6) is 0.515. The summed E-state index contributed by atoms with van der Waals surface area (Å²) in [6, 6.07) is 8.70. The highest BCUT2D eigenvalue weighted by Crippen LogP contribution is 2.25. The summed E-state index contributed by atoms with van der Waals surface area (Å²) in [5.41, 5.74) is 4.89. The van der Waals surface area contributed by atoms with Gasteiger partial charge in [0, 0.05) is 17.6 Å². The standard InChI is InChI=1S/C15H20N2/c1-10(2)14-7-5-6-12-8-13(9-16-4)11(3)17-15(12)14/h5-8,10,16H,9H2,1-4H3. The lowest BCUT2D eigenvalue weighted by molar-refractivity contribution is 0.806. The van der Waals surface area contributed by atoms with E-state index in [1.54, 1.807) is 0 Å².